The quantitative estimate of drug-likeness (QED) is 0.484. The van der Waals surface area contributed by atoms with Gasteiger partial charge < -0.3 is 4.90 Å². The number of hydrogen-bond acceptors (Lipinski definition) is 6. The Balaban J connectivity index is 2.24. The summed E-state index contributed by atoms with van der Waals surface area (Å²) in [5, 5.41) is 9.72. The maximum Gasteiger partial charge on any atom is 0.270 e. The Hall–Kier alpha value is -2.11. The van der Waals surface area contributed by atoms with Crippen molar-refractivity contribution in [2.75, 3.05) is 18.0 Å². The van der Waals surface area contributed by atoms with Gasteiger partial charge in [-0.1, -0.05) is 37.8 Å². The molecule has 0 aromatic carbocycles. The van der Waals surface area contributed by atoms with Crippen molar-refractivity contribution < 1.29 is 4.79 Å². The van der Waals surface area contributed by atoms with E-state index >= 15 is 0 Å². The van der Waals surface area contributed by atoms with E-state index < -0.39 is 0 Å². The predicted molar refractivity (Wildman–Crippen MR) is 131 cm³/mol. The van der Waals surface area contributed by atoms with Gasteiger partial charge in [-0.3, -0.25) is 19.1 Å². The number of piperidine rings is 1. The fourth-order valence-corrected chi connectivity index (χ4v) is 5.70. The SMILES string of the molecule is CCCn1c(N2CCC(C)CC2)c(/C=C2/SC(=S)N(C(C)C)C2=O)c(C)c(C#N)c1=O. The summed E-state index contributed by atoms with van der Waals surface area (Å²) in [6.45, 7) is 12.2. The van der Waals surface area contributed by atoms with Crippen molar-refractivity contribution in [1.82, 2.24) is 9.47 Å². The second-order valence-electron chi connectivity index (χ2n) is 8.62. The Morgan fingerprint density at radius 1 is 1.29 bits per heavy atom. The van der Waals surface area contributed by atoms with Crippen LogP contribution in [0.2, 0.25) is 0 Å². The van der Waals surface area contributed by atoms with Gasteiger partial charge in [0.05, 0.1) is 4.91 Å². The van der Waals surface area contributed by atoms with Crippen molar-refractivity contribution >= 4 is 46.1 Å². The standard InChI is InChI=1S/C23H30N4O2S2/c1-6-9-26-20(25-10-7-15(4)8-11-25)17(16(5)18(13-24)21(26)28)12-19-22(29)27(14(2)3)23(30)31-19/h12,14-15H,6-11H2,1-5H3/b19-12+. The molecule has 2 fully saturated rings. The van der Waals surface area contributed by atoms with Crippen LogP contribution < -0.4 is 10.5 Å². The molecule has 0 unspecified atom stereocenters. The Bertz CT molecular complexity index is 1030. The molecule has 2 aliphatic rings. The van der Waals surface area contributed by atoms with Crippen molar-refractivity contribution in [1.29, 1.82) is 5.26 Å². The number of thioether (sulfide) groups is 1. The van der Waals surface area contributed by atoms with Crippen LogP contribution in [0.3, 0.4) is 0 Å². The van der Waals surface area contributed by atoms with Crippen molar-refractivity contribution in [2.45, 2.75) is 66.5 Å². The van der Waals surface area contributed by atoms with Gasteiger partial charge in [0.15, 0.2) is 0 Å². The van der Waals surface area contributed by atoms with Gasteiger partial charge in [-0.15, -0.1) is 0 Å². The smallest absolute Gasteiger partial charge is 0.270 e. The summed E-state index contributed by atoms with van der Waals surface area (Å²) in [4.78, 5) is 30.6. The summed E-state index contributed by atoms with van der Waals surface area (Å²) < 4.78 is 2.27. The molecule has 0 saturated carbocycles. The van der Waals surface area contributed by atoms with Crippen molar-refractivity contribution in [3.05, 3.63) is 31.9 Å². The number of aromatic nitrogens is 1. The number of hydrogen-bond donors (Lipinski definition) is 0. The van der Waals surface area contributed by atoms with Gasteiger partial charge in [0.1, 0.15) is 21.8 Å². The lowest BCUT2D eigenvalue weighted by molar-refractivity contribution is -0.123. The number of nitrogens with zero attached hydrogens (tertiary/aromatic N) is 4. The molecule has 3 heterocycles. The van der Waals surface area contributed by atoms with Crippen LogP contribution in [0.25, 0.3) is 6.08 Å². The number of amides is 1. The second kappa shape index (κ2) is 9.58. The molecule has 1 aromatic rings. The molecule has 0 atom stereocenters. The van der Waals surface area contributed by atoms with Crippen LogP contribution in [-0.2, 0) is 11.3 Å². The third-order valence-corrected chi connectivity index (χ3v) is 7.32. The van der Waals surface area contributed by atoms with Crippen LogP contribution in [0.5, 0.6) is 0 Å². The number of anilines is 1. The minimum absolute atomic E-state index is 0.0220. The zero-order valence-corrected chi connectivity index (χ0v) is 20.5. The molecule has 166 valence electrons. The predicted octanol–water partition coefficient (Wildman–Crippen LogP) is 4.28. The number of carbonyl (C=O) groups excluding carboxylic acids is 1. The summed E-state index contributed by atoms with van der Waals surface area (Å²) in [6.07, 6.45) is 4.72. The molecule has 3 rings (SSSR count). The molecule has 0 radical (unpaired) electrons. The van der Waals surface area contributed by atoms with E-state index in [2.05, 4.69) is 17.9 Å². The van der Waals surface area contributed by atoms with E-state index in [0.717, 1.165) is 43.7 Å². The minimum atomic E-state index is -0.248. The van der Waals surface area contributed by atoms with E-state index in [1.54, 1.807) is 16.4 Å². The fraction of sp³-hybridized carbons (Fsp3) is 0.565. The first-order chi connectivity index (χ1) is 14.7. The molecule has 0 bridgehead atoms. The molecular formula is C23H30N4O2S2. The first kappa shape index (κ1) is 23.6. The second-order valence-corrected chi connectivity index (χ2v) is 10.3. The van der Waals surface area contributed by atoms with Crippen molar-refractivity contribution in [3.8, 4) is 6.07 Å². The minimum Gasteiger partial charge on any atom is -0.357 e. The van der Waals surface area contributed by atoms with Crippen LogP contribution in [0, 0.1) is 24.2 Å². The Morgan fingerprint density at radius 3 is 2.45 bits per heavy atom. The molecule has 0 aliphatic carbocycles. The number of thiocarbonyl (C=S) groups is 1. The van der Waals surface area contributed by atoms with Crippen molar-refractivity contribution in [2.24, 2.45) is 5.92 Å². The lowest BCUT2D eigenvalue weighted by atomic mass is 9.97. The van der Waals surface area contributed by atoms with E-state index in [9.17, 15) is 14.9 Å². The third-order valence-electron chi connectivity index (χ3n) is 5.99. The summed E-state index contributed by atoms with van der Waals surface area (Å²) in [7, 11) is 0. The molecule has 8 heteroatoms. The molecule has 1 amide bonds. The van der Waals surface area contributed by atoms with Gasteiger partial charge in [-0.25, -0.2) is 0 Å². The largest absolute Gasteiger partial charge is 0.357 e. The van der Waals surface area contributed by atoms with Crippen LogP contribution in [0.1, 0.15) is 63.6 Å². The summed E-state index contributed by atoms with van der Waals surface area (Å²) in [5.74, 6) is 1.35. The van der Waals surface area contributed by atoms with Crippen LogP contribution in [0.4, 0.5) is 5.82 Å². The molecule has 6 nitrogen and oxygen atoms in total. The molecule has 0 N–H and O–H groups in total. The van der Waals surface area contributed by atoms with E-state index in [4.69, 9.17) is 12.2 Å². The van der Waals surface area contributed by atoms with E-state index in [1.165, 1.54) is 11.8 Å². The Kier molecular flexibility index (Phi) is 7.28. The maximum absolute atomic E-state index is 13.2. The first-order valence-electron chi connectivity index (χ1n) is 10.9. The number of pyridine rings is 1. The molecular weight excluding hydrogens is 428 g/mol. The fourth-order valence-electron chi connectivity index (χ4n) is 4.19. The number of nitriles is 1. The van der Waals surface area contributed by atoms with Crippen LogP contribution >= 0.6 is 24.0 Å². The maximum atomic E-state index is 13.2. The van der Waals surface area contributed by atoms with Gasteiger partial charge >= 0.3 is 0 Å². The highest BCUT2D eigenvalue weighted by Gasteiger charge is 2.35. The topological polar surface area (TPSA) is 69.3 Å². The van der Waals surface area contributed by atoms with Gasteiger partial charge in [-0.05, 0) is 57.6 Å². The summed E-state index contributed by atoms with van der Waals surface area (Å²) >= 11 is 6.72. The molecule has 2 aliphatic heterocycles. The molecule has 0 spiro atoms. The molecule has 1 aromatic heterocycles. The number of rotatable bonds is 5. The normalized spacial score (nSPS) is 19.1. The van der Waals surface area contributed by atoms with E-state index in [0.29, 0.717) is 27.3 Å². The van der Waals surface area contributed by atoms with E-state index in [-0.39, 0.29) is 23.1 Å². The van der Waals surface area contributed by atoms with Crippen LogP contribution in [0.15, 0.2) is 9.70 Å². The lowest BCUT2D eigenvalue weighted by Gasteiger charge is -2.35. The molecule has 2 saturated heterocycles. The highest BCUT2D eigenvalue weighted by molar-refractivity contribution is 8.26. The van der Waals surface area contributed by atoms with Gasteiger partial charge in [0, 0.05) is 31.2 Å². The van der Waals surface area contributed by atoms with Crippen molar-refractivity contribution in [3.63, 3.8) is 0 Å². The Morgan fingerprint density at radius 2 is 1.94 bits per heavy atom. The Labute approximate surface area is 193 Å². The monoisotopic (exact) mass is 458 g/mol. The first-order valence-corrected chi connectivity index (χ1v) is 12.1. The van der Waals surface area contributed by atoms with Gasteiger partial charge in [0.2, 0.25) is 0 Å². The highest BCUT2D eigenvalue weighted by atomic mass is 32.2. The highest BCUT2D eigenvalue weighted by Crippen LogP contribution is 2.37. The molecule has 31 heavy (non-hydrogen) atoms. The zero-order chi connectivity index (χ0) is 22.9. The van der Waals surface area contributed by atoms with Crippen LogP contribution in [-0.4, -0.2) is 38.8 Å². The van der Waals surface area contributed by atoms with Gasteiger partial charge in [0.25, 0.3) is 11.5 Å². The van der Waals surface area contributed by atoms with Gasteiger partial charge in [-0.2, -0.15) is 5.26 Å². The lowest BCUT2D eigenvalue weighted by Crippen LogP contribution is -2.39. The van der Waals surface area contributed by atoms with E-state index in [1.807, 2.05) is 26.8 Å². The zero-order valence-electron chi connectivity index (χ0n) is 18.9. The average molecular weight is 459 g/mol. The average Bonchev–Trinajstić information content (AvgIpc) is 3.00. The summed E-state index contributed by atoms with van der Waals surface area (Å²) in [5.41, 5.74) is 1.31. The third kappa shape index (κ3) is 4.44. The number of carbonyl (C=O) groups is 1. The summed E-state index contributed by atoms with van der Waals surface area (Å²) in [6, 6.07) is 2.08.